The Labute approximate surface area is 135 Å². The van der Waals surface area contributed by atoms with Gasteiger partial charge in [-0.25, -0.2) is 0 Å². The number of halogens is 1. The molecule has 0 spiro atoms. The van der Waals surface area contributed by atoms with Crippen molar-refractivity contribution in [1.82, 2.24) is 4.90 Å². The second-order valence-electron chi connectivity index (χ2n) is 7.90. The average molecular weight is 308 g/mol. The standard InChI is InChI=1S/C19H30ClN/c1-19(2,3)16-8-11-18(20)15(13-16)12-14-6-9-17(10-7-14)21(4)5/h8,11,13-14,17H,6-7,9-10,12H2,1-5H3. The monoisotopic (exact) mass is 307 g/mol. The van der Waals surface area contributed by atoms with E-state index in [1.54, 1.807) is 0 Å². The van der Waals surface area contributed by atoms with E-state index < -0.39 is 0 Å². The zero-order valence-electron chi connectivity index (χ0n) is 14.2. The summed E-state index contributed by atoms with van der Waals surface area (Å²) in [6.45, 7) is 6.80. The highest BCUT2D eigenvalue weighted by atomic mass is 35.5. The normalized spacial score (nSPS) is 23.6. The summed E-state index contributed by atoms with van der Waals surface area (Å²) in [5, 5.41) is 0.942. The molecule has 1 aromatic rings. The zero-order valence-corrected chi connectivity index (χ0v) is 15.0. The molecule has 0 amide bonds. The molecule has 2 rings (SSSR count). The maximum Gasteiger partial charge on any atom is 0.0438 e. The molecule has 118 valence electrons. The van der Waals surface area contributed by atoms with E-state index in [9.17, 15) is 0 Å². The fourth-order valence-electron chi connectivity index (χ4n) is 3.37. The molecule has 2 heteroatoms. The Morgan fingerprint density at radius 1 is 1.10 bits per heavy atom. The molecule has 0 heterocycles. The van der Waals surface area contributed by atoms with Crippen molar-refractivity contribution in [3.8, 4) is 0 Å². The maximum absolute atomic E-state index is 6.44. The summed E-state index contributed by atoms with van der Waals surface area (Å²) in [5.41, 5.74) is 2.93. The summed E-state index contributed by atoms with van der Waals surface area (Å²) in [5.74, 6) is 0.800. The highest BCUT2D eigenvalue weighted by Crippen LogP contribution is 2.33. The second kappa shape index (κ2) is 6.71. The van der Waals surface area contributed by atoms with E-state index in [4.69, 9.17) is 11.6 Å². The number of hydrogen-bond donors (Lipinski definition) is 0. The summed E-state index contributed by atoms with van der Waals surface area (Å²) in [4.78, 5) is 2.38. The van der Waals surface area contributed by atoms with Crippen LogP contribution in [0.1, 0.15) is 57.6 Å². The van der Waals surface area contributed by atoms with Gasteiger partial charge in [-0.05, 0) is 74.7 Å². The van der Waals surface area contributed by atoms with Gasteiger partial charge >= 0.3 is 0 Å². The third-order valence-corrected chi connectivity index (χ3v) is 5.34. The Kier molecular flexibility index (Phi) is 5.38. The summed E-state index contributed by atoms with van der Waals surface area (Å²) < 4.78 is 0. The number of hydrogen-bond acceptors (Lipinski definition) is 1. The molecule has 0 N–H and O–H groups in total. The van der Waals surface area contributed by atoms with E-state index in [0.29, 0.717) is 0 Å². The molecule has 1 aliphatic carbocycles. The van der Waals surface area contributed by atoms with Crippen molar-refractivity contribution in [3.05, 3.63) is 34.3 Å². The minimum Gasteiger partial charge on any atom is -0.306 e. The third-order valence-electron chi connectivity index (χ3n) is 4.97. The smallest absolute Gasteiger partial charge is 0.0438 e. The first-order chi connectivity index (χ1) is 9.77. The number of nitrogens with zero attached hydrogens (tertiary/aromatic N) is 1. The maximum atomic E-state index is 6.44. The third kappa shape index (κ3) is 4.47. The molecular formula is C19H30ClN. The lowest BCUT2D eigenvalue weighted by Crippen LogP contribution is -2.32. The van der Waals surface area contributed by atoms with Gasteiger partial charge in [-0.15, -0.1) is 0 Å². The van der Waals surface area contributed by atoms with Crippen molar-refractivity contribution >= 4 is 11.6 Å². The van der Waals surface area contributed by atoms with E-state index in [2.05, 4.69) is 58.0 Å². The molecule has 0 aliphatic heterocycles. The van der Waals surface area contributed by atoms with E-state index in [1.165, 1.54) is 36.8 Å². The average Bonchev–Trinajstić information content (AvgIpc) is 2.40. The Morgan fingerprint density at radius 2 is 1.71 bits per heavy atom. The molecule has 0 radical (unpaired) electrons. The van der Waals surface area contributed by atoms with Gasteiger partial charge in [-0.3, -0.25) is 0 Å². The van der Waals surface area contributed by atoms with Crippen LogP contribution in [-0.4, -0.2) is 25.0 Å². The van der Waals surface area contributed by atoms with Gasteiger partial charge in [0.05, 0.1) is 0 Å². The number of benzene rings is 1. The fraction of sp³-hybridized carbons (Fsp3) is 0.684. The largest absolute Gasteiger partial charge is 0.306 e. The molecule has 0 saturated heterocycles. The van der Waals surface area contributed by atoms with Gasteiger partial charge in [-0.2, -0.15) is 0 Å². The van der Waals surface area contributed by atoms with Crippen LogP contribution in [0.4, 0.5) is 0 Å². The van der Waals surface area contributed by atoms with Gasteiger partial charge in [0.2, 0.25) is 0 Å². The van der Waals surface area contributed by atoms with Crippen molar-refractivity contribution < 1.29 is 0 Å². The van der Waals surface area contributed by atoms with Gasteiger partial charge in [-0.1, -0.05) is 44.5 Å². The fourth-order valence-corrected chi connectivity index (χ4v) is 3.57. The predicted molar refractivity (Wildman–Crippen MR) is 93.3 cm³/mol. The topological polar surface area (TPSA) is 3.24 Å². The van der Waals surface area contributed by atoms with Crippen molar-refractivity contribution in [1.29, 1.82) is 0 Å². The molecule has 0 bridgehead atoms. The predicted octanol–water partition coefficient (Wildman–Crippen LogP) is 5.30. The van der Waals surface area contributed by atoms with Crippen LogP contribution in [0.2, 0.25) is 5.02 Å². The summed E-state index contributed by atoms with van der Waals surface area (Å²) in [6.07, 6.45) is 6.46. The first-order valence-electron chi connectivity index (χ1n) is 8.22. The summed E-state index contributed by atoms with van der Waals surface area (Å²) >= 11 is 6.44. The molecule has 21 heavy (non-hydrogen) atoms. The molecule has 1 saturated carbocycles. The highest BCUT2D eigenvalue weighted by Gasteiger charge is 2.23. The van der Waals surface area contributed by atoms with E-state index in [1.807, 2.05) is 0 Å². The summed E-state index contributed by atoms with van der Waals surface area (Å²) in [7, 11) is 4.41. The van der Waals surface area contributed by atoms with Crippen molar-refractivity contribution in [3.63, 3.8) is 0 Å². The van der Waals surface area contributed by atoms with Crippen LogP contribution in [-0.2, 0) is 11.8 Å². The molecule has 0 unspecified atom stereocenters. The lowest BCUT2D eigenvalue weighted by molar-refractivity contribution is 0.193. The minimum absolute atomic E-state index is 0.196. The second-order valence-corrected chi connectivity index (χ2v) is 8.31. The lowest BCUT2D eigenvalue weighted by atomic mass is 9.80. The molecule has 1 aliphatic rings. The van der Waals surface area contributed by atoms with Gasteiger partial charge in [0.25, 0.3) is 0 Å². The summed E-state index contributed by atoms with van der Waals surface area (Å²) in [6, 6.07) is 7.37. The van der Waals surface area contributed by atoms with Crippen molar-refractivity contribution in [2.75, 3.05) is 14.1 Å². The first kappa shape index (κ1) is 16.8. The van der Waals surface area contributed by atoms with Crippen LogP contribution in [0.5, 0.6) is 0 Å². The molecule has 1 nitrogen and oxygen atoms in total. The zero-order chi connectivity index (χ0) is 15.6. The van der Waals surface area contributed by atoms with Gasteiger partial charge < -0.3 is 4.90 Å². The molecule has 1 fully saturated rings. The SMILES string of the molecule is CN(C)C1CCC(Cc2cc(C(C)(C)C)ccc2Cl)CC1. The van der Waals surface area contributed by atoms with Crippen LogP contribution in [0, 0.1) is 5.92 Å². The minimum atomic E-state index is 0.196. The van der Waals surface area contributed by atoms with Crippen LogP contribution >= 0.6 is 11.6 Å². The molecule has 1 aromatic carbocycles. The molecule has 0 aromatic heterocycles. The van der Waals surface area contributed by atoms with Crippen LogP contribution in [0.3, 0.4) is 0 Å². The Hall–Kier alpha value is -0.530. The lowest BCUT2D eigenvalue weighted by Gasteiger charge is -2.33. The Bertz CT molecular complexity index is 465. The first-order valence-corrected chi connectivity index (χ1v) is 8.60. The van der Waals surface area contributed by atoms with Crippen LogP contribution in [0.25, 0.3) is 0 Å². The molecular weight excluding hydrogens is 278 g/mol. The quantitative estimate of drug-likeness (QED) is 0.732. The van der Waals surface area contributed by atoms with Crippen LogP contribution < -0.4 is 0 Å². The van der Waals surface area contributed by atoms with E-state index >= 15 is 0 Å². The van der Waals surface area contributed by atoms with Gasteiger partial charge in [0.1, 0.15) is 0 Å². The van der Waals surface area contributed by atoms with Gasteiger partial charge in [0, 0.05) is 11.1 Å². The number of rotatable bonds is 3. The Morgan fingerprint density at radius 3 is 2.24 bits per heavy atom. The highest BCUT2D eigenvalue weighted by molar-refractivity contribution is 6.31. The van der Waals surface area contributed by atoms with Crippen LogP contribution in [0.15, 0.2) is 18.2 Å². The van der Waals surface area contributed by atoms with E-state index in [0.717, 1.165) is 23.4 Å². The van der Waals surface area contributed by atoms with E-state index in [-0.39, 0.29) is 5.41 Å². The van der Waals surface area contributed by atoms with Crippen molar-refractivity contribution in [2.24, 2.45) is 5.92 Å². The molecule has 0 atom stereocenters. The van der Waals surface area contributed by atoms with Gasteiger partial charge in [0.15, 0.2) is 0 Å². The van der Waals surface area contributed by atoms with Crippen molar-refractivity contribution in [2.45, 2.75) is 64.3 Å². The Balaban J connectivity index is 2.03.